The number of rotatable bonds is 3. The van der Waals surface area contributed by atoms with Crippen LogP contribution in [0.15, 0.2) is 42.5 Å². The minimum atomic E-state index is -0.242. The van der Waals surface area contributed by atoms with Gasteiger partial charge in [0.1, 0.15) is 11.9 Å². The second kappa shape index (κ2) is 5.53. The lowest BCUT2D eigenvalue weighted by atomic mass is 10.1. The van der Waals surface area contributed by atoms with Gasteiger partial charge in [0.25, 0.3) is 0 Å². The normalized spacial score (nSPS) is 11.7. The number of anilines is 1. The average molecular weight is 254 g/mol. The summed E-state index contributed by atoms with van der Waals surface area (Å²) in [5.41, 5.74) is 2.95. The van der Waals surface area contributed by atoms with E-state index in [0.717, 1.165) is 11.3 Å². The molecule has 0 amide bonds. The van der Waals surface area contributed by atoms with E-state index in [-0.39, 0.29) is 11.9 Å². The van der Waals surface area contributed by atoms with Crippen LogP contribution in [0.3, 0.4) is 0 Å². The van der Waals surface area contributed by atoms with E-state index >= 15 is 0 Å². The molecule has 1 unspecified atom stereocenters. The largest absolute Gasteiger partial charge is 0.377 e. The van der Waals surface area contributed by atoms with Crippen LogP contribution in [0.2, 0.25) is 0 Å². The van der Waals surface area contributed by atoms with E-state index in [2.05, 4.69) is 11.4 Å². The first kappa shape index (κ1) is 13.1. The van der Waals surface area contributed by atoms with Crippen molar-refractivity contribution in [3.8, 4) is 6.07 Å². The number of halogens is 1. The molecule has 0 saturated carbocycles. The standard InChI is InChI=1S/C16H15FN2/c1-11-7-8-13(10-18)16(9-11)19-12(2)14-5-3-4-6-15(14)17/h3-9,12,19H,1-2H3. The van der Waals surface area contributed by atoms with Crippen molar-refractivity contribution in [2.24, 2.45) is 0 Å². The van der Waals surface area contributed by atoms with E-state index in [1.54, 1.807) is 24.3 Å². The van der Waals surface area contributed by atoms with Gasteiger partial charge in [0.2, 0.25) is 0 Å². The zero-order valence-corrected chi connectivity index (χ0v) is 10.9. The van der Waals surface area contributed by atoms with Gasteiger partial charge in [0.05, 0.1) is 17.3 Å². The topological polar surface area (TPSA) is 35.8 Å². The minimum absolute atomic E-state index is 0.199. The maximum absolute atomic E-state index is 13.7. The Morgan fingerprint density at radius 2 is 1.95 bits per heavy atom. The van der Waals surface area contributed by atoms with Crippen LogP contribution in [0, 0.1) is 24.1 Å². The first-order valence-corrected chi connectivity index (χ1v) is 6.13. The second-order valence-electron chi connectivity index (χ2n) is 4.55. The van der Waals surface area contributed by atoms with Gasteiger partial charge in [-0.05, 0) is 37.6 Å². The highest BCUT2D eigenvalue weighted by atomic mass is 19.1. The molecule has 2 rings (SSSR count). The van der Waals surface area contributed by atoms with Crippen molar-refractivity contribution in [2.75, 3.05) is 5.32 Å². The summed E-state index contributed by atoms with van der Waals surface area (Å²) in [6.07, 6.45) is 0. The van der Waals surface area contributed by atoms with Gasteiger partial charge in [-0.3, -0.25) is 0 Å². The lowest BCUT2D eigenvalue weighted by molar-refractivity contribution is 0.600. The highest BCUT2D eigenvalue weighted by Gasteiger charge is 2.12. The molecule has 0 saturated heterocycles. The van der Waals surface area contributed by atoms with Crippen LogP contribution in [0.1, 0.15) is 29.7 Å². The first-order chi connectivity index (χ1) is 9.11. The summed E-state index contributed by atoms with van der Waals surface area (Å²) in [6, 6.07) is 14.1. The summed E-state index contributed by atoms with van der Waals surface area (Å²) in [5, 5.41) is 12.3. The molecule has 96 valence electrons. The summed E-state index contributed by atoms with van der Waals surface area (Å²) in [5.74, 6) is -0.242. The van der Waals surface area contributed by atoms with Gasteiger partial charge in [-0.25, -0.2) is 4.39 Å². The Kier molecular flexibility index (Phi) is 3.82. The molecule has 0 spiro atoms. The molecule has 3 heteroatoms. The zero-order valence-electron chi connectivity index (χ0n) is 10.9. The monoisotopic (exact) mass is 254 g/mol. The van der Waals surface area contributed by atoms with E-state index in [1.165, 1.54) is 6.07 Å². The fourth-order valence-corrected chi connectivity index (χ4v) is 2.01. The number of benzene rings is 2. The van der Waals surface area contributed by atoms with Crippen LogP contribution < -0.4 is 5.32 Å². The smallest absolute Gasteiger partial charge is 0.128 e. The molecule has 2 nitrogen and oxygen atoms in total. The number of nitrogens with one attached hydrogen (secondary N) is 1. The van der Waals surface area contributed by atoms with E-state index in [0.29, 0.717) is 11.1 Å². The fourth-order valence-electron chi connectivity index (χ4n) is 2.01. The van der Waals surface area contributed by atoms with E-state index in [9.17, 15) is 4.39 Å². The first-order valence-electron chi connectivity index (χ1n) is 6.13. The predicted molar refractivity (Wildman–Crippen MR) is 74.3 cm³/mol. The second-order valence-corrected chi connectivity index (χ2v) is 4.55. The van der Waals surface area contributed by atoms with Gasteiger partial charge in [0, 0.05) is 5.56 Å². The average Bonchev–Trinajstić information content (AvgIpc) is 2.39. The third-order valence-electron chi connectivity index (χ3n) is 3.04. The Morgan fingerprint density at radius 1 is 1.21 bits per heavy atom. The molecular weight excluding hydrogens is 239 g/mol. The molecule has 0 aromatic heterocycles. The van der Waals surface area contributed by atoms with Crippen molar-refractivity contribution >= 4 is 5.69 Å². The van der Waals surface area contributed by atoms with E-state index < -0.39 is 0 Å². The summed E-state index contributed by atoms with van der Waals surface area (Å²) in [7, 11) is 0. The molecule has 0 fully saturated rings. The molecule has 2 aromatic rings. The number of nitriles is 1. The predicted octanol–water partition coefficient (Wildman–Crippen LogP) is 4.18. The van der Waals surface area contributed by atoms with Gasteiger partial charge >= 0.3 is 0 Å². The molecule has 0 aliphatic rings. The Morgan fingerprint density at radius 3 is 2.63 bits per heavy atom. The summed E-state index contributed by atoms with van der Waals surface area (Å²) in [4.78, 5) is 0. The number of aryl methyl sites for hydroxylation is 1. The molecule has 19 heavy (non-hydrogen) atoms. The maximum Gasteiger partial charge on any atom is 0.128 e. The Balaban J connectivity index is 2.29. The molecule has 1 N–H and O–H groups in total. The molecule has 0 aliphatic heterocycles. The molecule has 0 aliphatic carbocycles. The van der Waals surface area contributed by atoms with Gasteiger partial charge in [-0.2, -0.15) is 5.26 Å². The van der Waals surface area contributed by atoms with Crippen molar-refractivity contribution in [3.63, 3.8) is 0 Å². The van der Waals surface area contributed by atoms with Crippen molar-refractivity contribution in [1.29, 1.82) is 5.26 Å². The SMILES string of the molecule is Cc1ccc(C#N)c(NC(C)c2ccccc2F)c1. The van der Waals surface area contributed by atoms with Crippen LogP contribution >= 0.6 is 0 Å². The quantitative estimate of drug-likeness (QED) is 0.891. The highest BCUT2D eigenvalue weighted by Crippen LogP contribution is 2.24. The van der Waals surface area contributed by atoms with Crippen LogP contribution in [-0.2, 0) is 0 Å². The molecule has 0 heterocycles. The van der Waals surface area contributed by atoms with Crippen LogP contribution in [-0.4, -0.2) is 0 Å². The summed E-state index contributed by atoms with van der Waals surface area (Å²) >= 11 is 0. The Labute approximate surface area is 112 Å². The molecule has 1 atom stereocenters. The summed E-state index contributed by atoms with van der Waals surface area (Å²) in [6.45, 7) is 3.84. The van der Waals surface area contributed by atoms with E-state index in [4.69, 9.17) is 5.26 Å². The molecule has 2 aromatic carbocycles. The van der Waals surface area contributed by atoms with Crippen LogP contribution in [0.25, 0.3) is 0 Å². The van der Waals surface area contributed by atoms with Crippen molar-refractivity contribution in [2.45, 2.75) is 19.9 Å². The van der Waals surface area contributed by atoms with Gasteiger partial charge in [0.15, 0.2) is 0 Å². The van der Waals surface area contributed by atoms with Crippen molar-refractivity contribution in [3.05, 3.63) is 65.0 Å². The third kappa shape index (κ3) is 2.92. The summed E-state index contributed by atoms with van der Waals surface area (Å²) < 4.78 is 13.7. The van der Waals surface area contributed by atoms with Crippen molar-refractivity contribution < 1.29 is 4.39 Å². The number of nitrogens with zero attached hydrogens (tertiary/aromatic N) is 1. The zero-order chi connectivity index (χ0) is 13.8. The lowest BCUT2D eigenvalue weighted by Gasteiger charge is -2.17. The van der Waals surface area contributed by atoms with Gasteiger partial charge in [-0.15, -0.1) is 0 Å². The van der Waals surface area contributed by atoms with E-state index in [1.807, 2.05) is 26.0 Å². The fraction of sp³-hybridized carbons (Fsp3) is 0.188. The maximum atomic E-state index is 13.7. The lowest BCUT2D eigenvalue weighted by Crippen LogP contribution is -2.09. The molecule has 0 bridgehead atoms. The van der Waals surface area contributed by atoms with Crippen LogP contribution in [0.4, 0.5) is 10.1 Å². The van der Waals surface area contributed by atoms with Gasteiger partial charge < -0.3 is 5.32 Å². The number of hydrogen-bond acceptors (Lipinski definition) is 2. The third-order valence-corrected chi connectivity index (χ3v) is 3.04. The highest BCUT2D eigenvalue weighted by molar-refractivity contribution is 5.59. The number of hydrogen-bond donors (Lipinski definition) is 1. The molecule has 0 radical (unpaired) electrons. The Hall–Kier alpha value is -2.34. The minimum Gasteiger partial charge on any atom is -0.377 e. The van der Waals surface area contributed by atoms with Gasteiger partial charge in [-0.1, -0.05) is 24.3 Å². The van der Waals surface area contributed by atoms with Crippen LogP contribution in [0.5, 0.6) is 0 Å². The molecular formula is C16H15FN2. The Bertz CT molecular complexity index is 629. The van der Waals surface area contributed by atoms with Crippen molar-refractivity contribution in [1.82, 2.24) is 0 Å².